The van der Waals surface area contributed by atoms with Crippen molar-refractivity contribution in [3.63, 3.8) is 0 Å². The standard InChI is InChI=1S/C17H25NO/c1-4-8-13(3)17(18-11-5-2)16-12-14-9-6-7-10-15(14)19-16/h6-7,9-10,12-13,17-18H,4-5,8,11H2,1-3H3. The summed E-state index contributed by atoms with van der Waals surface area (Å²) in [4.78, 5) is 0. The van der Waals surface area contributed by atoms with Crippen molar-refractivity contribution in [1.82, 2.24) is 5.32 Å². The lowest BCUT2D eigenvalue weighted by atomic mass is 9.94. The highest BCUT2D eigenvalue weighted by molar-refractivity contribution is 5.77. The van der Waals surface area contributed by atoms with E-state index in [-0.39, 0.29) is 0 Å². The molecule has 0 saturated heterocycles. The summed E-state index contributed by atoms with van der Waals surface area (Å²) in [5, 5.41) is 4.84. The Balaban J connectivity index is 2.25. The van der Waals surface area contributed by atoms with Crippen molar-refractivity contribution >= 4 is 11.0 Å². The SMILES string of the molecule is CCCNC(c1cc2ccccc2o1)C(C)CCC. The maximum absolute atomic E-state index is 6.03. The summed E-state index contributed by atoms with van der Waals surface area (Å²) in [6, 6.07) is 10.8. The van der Waals surface area contributed by atoms with E-state index in [1.807, 2.05) is 12.1 Å². The number of nitrogens with one attached hydrogen (secondary N) is 1. The number of furan rings is 1. The van der Waals surface area contributed by atoms with Crippen LogP contribution in [0.25, 0.3) is 11.0 Å². The van der Waals surface area contributed by atoms with Crippen LogP contribution in [0.4, 0.5) is 0 Å². The molecule has 19 heavy (non-hydrogen) atoms. The molecule has 0 fully saturated rings. The number of hydrogen-bond donors (Lipinski definition) is 1. The molecule has 2 unspecified atom stereocenters. The van der Waals surface area contributed by atoms with Crippen LogP contribution in [0.2, 0.25) is 0 Å². The molecule has 0 aliphatic rings. The second-order valence-electron chi connectivity index (χ2n) is 5.38. The number of fused-ring (bicyclic) bond motifs is 1. The smallest absolute Gasteiger partial charge is 0.134 e. The summed E-state index contributed by atoms with van der Waals surface area (Å²) in [6.45, 7) is 7.79. The third-order valence-electron chi connectivity index (χ3n) is 3.68. The summed E-state index contributed by atoms with van der Waals surface area (Å²) in [7, 11) is 0. The van der Waals surface area contributed by atoms with Crippen LogP contribution in [0.1, 0.15) is 51.8 Å². The van der Waals surface area contributed by atoms with Crippen molar-refractivity contribution in [1.29, 1.82) is 0 Å². The van der Waals surface area contributed by atoms with E-state index in [0.717, 1.165) is 24.3 Å². The molecule has 1 aromatic carbocycles. The molecule has 0 radical (unpaired) electrons. The number of para-hydroxylation sites is 1. The highest BCUT2D eigenvalue weighted by Gasteiger charge is 2.21. The number of rotatable bonds is 7. The molecule has 0 bridgehead atoms. The summed E-state index contributed by atoms with van der Waals surface area (Å²) in [5.41, 5.74) is 0.990. The minimum absolute atomic E-state index is 0.326. The molecule has 1 aromatic heterocycles. The largest absolute Gasteiger partial charge is 0.459 e. The maximum atomic E-state index is 6.03. The molecule has 1 N–H and O–H groups in total. The lowest BCUT2D eigenvalue weighted by molar-refractivity contribution is 0.317. The summed E-state index contributed by atoms with van der Waals surface area (Å²) in [6.07, 6.45) is 3.58. The van der Waals surface area contributed by atoms with Gasteiger partial charge < -0.3 is 9.73 Å². The normalized spacial score (nSPS) is 14.7. The van der Waals surface area contributed by atoms with Crippen molar-refractivity contribution in [3.05, 3.63) is 36.1 Å². The van der Waals surface area contributed by atoms with Gasteiger partial charge in [0, 0.05) is 5.39 Å². The molecule has 2 heteroatoms. The van der Waals surface area contributed by atoms with Gasteiger partial charge in [-0.3, -0.25) is 0 Å². The predicted molar refractivity (Wildman–Crippen MR) is 81.3 cm³/mol. The molecule has 0 aliphatic heterocycles. The molecule has 1 heterocycles. The van der Waals surface area contributed by atoms with E-state index in [0.29, 0.717) is 12.0 Å². The van der Waals surface area contributed by atoms with E-state index >= 15 is 0 Å². The number of benzene rings is 1. The highest BCUT2D eigenvalue weighted by atomic mass is 16.3. The van der Waals surface area contributed by atoms with Gasteiger partial charge in [-0.2, -0.15) is 0 Å². The lowest BCUT2D eigenvalue weighted by Gasteiger charge is -2.23. The Hall–Kier alpha value is -1.28. The minimum atomic E-state index is 0.326. The molecule has 2 rings (SSSR count). The van der Waals surface area contributed by atoms with Crippen molar-refractivity contribution < 1.29 is 4.42 Å². The Morgan fingerprint density at radius 1 is 1.16 bits per heavy atom. The van der Waals surface area contributed by atoms with E-state index in [1.165, 1.54) is 18.2 Å². The monoisotopic (exact) mass is 259 g/mol. The van der Waals surface area contributed by atoms with Gasteiger partial charge in [0.25, 0.3) is 0 Å². The van der Waals surface area contributed by atoms with Gasteiger partial charge >= 0.3 is 0 Å². The van der Waals surface area contributed by atoms with Crippen LogP contribution >= 0.6 is 0 Å². The third kappa shape index (κ3) is 3.38. The molecule has 2 nitrogen and oxygen atoms in total. The van der Waals surface area contributed by atoms with Crippen LogP contribution in [0.5, 0.6) is 0 Å². The van der Waals surface area contributed by atoms with E-state index in [1.54, 1.807) is 0 Å². The van der Waals surface area contributed by atoms with Gasteiger partial charge in [-0.15, -0.1) is 0 Å². The van der Waals surface area contributed by atoms with Crippen molar-refractivity contribution in [2.24, 2.45) is 5.92 Å². The Morgan fingerprint density at radius 3 is 2.63 bits per heavy atom. The van der Waals surface area contributed by atoms with Gasteiger partial charge in [-0.25, -0.2) is 0 Å². The second-order valence-corrected chi connectivity index (χ2v) is 5.38. The molecular weight excluding hydrogens is 234 g/mol. The third-order valence-corrected chi connectivity index (χ3v) is 3.68. The Labute approximate surface area is 116 Å². The van der Waals surface area contributed by atoms with Gasteiger partial charge in [0.1, 0.15) is 11.3 Å². The fraction of sp³-hybridized carbons (Fsp3) is 0.529. The van der Waals surface area contributed by atoms with Crippen molar-refractivity contribution in [3.8, 4) is 0 Å². The van der Waals surface area contributed by atoms with Crippen LogP contribution in [-0.2, 0) is 0 Å². The van der Waals surface area contributed by atoms with Crippen molar-refractivity contribution in [2.45, 2.75) is 46.1 Å². The van der Waals surface area contributed by atoms with E-state index in [2.05, 4.69) is 44.3 Å². The van der Waals surface area contributed by atoms with Gasteiger partial charge in [0.15, 0.2) is 0 Å². The molecular formula is C17H25NO. The fourth-order valence-corrected chi connectivity index (χ4v) is 2.66. The van der Waals surface area contributed by atoms with Crippen molar-refractivity contribution in [2.75, 3.05) is 6.54 Å². The van der Waals surface area contributed by atoms with E-state index in [9.17, 15) is 0 Å². The summed E-state index contributed by atoms with van der Waals surface area (Å²) >= 11 is 0. The molecule has 0 saturated carbocycles. The Morgan fingerprint density at radius 2 is 1.95 bits per heavy atom. The first kappa shape index (κ1) is 14.1. The van der Waals surface area contributed by atoms with Crippen LogP contribution < -0.4 is 5.32 Å². The van der Waals surface area contributed by atoms with Crippen LogP contribution in [-0.4, -0.2) is 6.54 Å². The van der Waals surface area contributed by atoms with Gasteiger partial charge in [-0.05, 0) is 37.4 Å². The van der Waals surface area contributed by atoms with Gasteiger partial charge in [-0.1, -0.05) is 45.4 Å². The zero-order valence-corrected chi connectivity index (χ0v) is 12.3. The van der Waals surface area contributed by atoms with Crippen LogP contribution in [0, 0.1) is 5.92 Å². The molecule has 2 aromatic rings. The molecule has 0 aliphatic carbocycles. The van der Waals surface area contributed by atoms with Gasteiger partial charge in [0.05, 0.1) is 6.04 Å². The molecule has 0 amide bonds. The average molecular weight is 259 g/mol. The lowest BCUT2D eigenvalue weighted by Crippen LogP contribution is -2.27. The summed E-state index contributed by atoms with van der Waals surface area (Å²) < 4.78 is 6.03. The Kier molecular flexibility index (Phi) is 5.03. The topological polar surface area (TPSA) is 25.2 Å². The summed E-state index contributed by atoms with van der Waals surface area (Å²) in [5.74, 6) is 1.67. The van der Waals surface area contributed by atoms with E-state index < -0.39 is 0 Å². The zero-order valence-electron chi connectivity index (χ0n) is 12.3. The fourth-order valence-electron chi connectivity index (χ4n) is 2.66. The minimum Gasteiger partial charge on any atom is -0.459 e. The van der Waals surface area contributed by atoms with Crippen LogP contribution in [0.15, 0.2) is 34.7 Å². The van der Waals surface area contributed by atoms with Gasteiger partial charge in [0.2, 0.25) is 0 Å². The van der Waals surface area contributed by atoms with Crippen LogP contribution in [0.3, 0.4) is 0 Å². The molecule has 104 valence electrons. The molecule has 0 spiro atoms. The molecule has 2 atom stereocenters. The quantitative estimate of drug-likeness (QED) is 0.764. The first-order valence-corrected chi connectivity index (χ1v) is 7.48. The maximum Gasteiger partial charge on any atom is 0.134 e. The number of hydrogen-bond acceptors (Lipinski definition) is 2. The Bertz CT molecular complexity index is 470. The first-order chi connectivity index (χ1) is 9.26. The predicted octanol–water partition coefficient (Wildman–Crippen LogP) is 4.91. The van der Waals surface area contributed by atoms with E-state index in [4.69, 9.17) is 4.42 Å². The average Bonchev–Trinajstić information content (AvgIpc) is 2.83. The first-order valence-electron chi connectivity index (χ1n) is 7.48. The highest BCUT2D eigenvalue weighted by Crippen LogP contribution is 2.30. The zero-order chi connectivity index (χ0) is 13.7. The second kappa shape index (κ2) is 6.76.